The second-order valence-electron chi connectivity index (χ2n) is 6.65. The van der Waals surface area contributed by atoms with E-state index in [0.29, 0.717) is 25.9 Å². The number of ether oxygens (including phenoxy) is 1. The summed E-state index contributed by atoms with van der Waals surface area (Å²) in [7, 11) is 0. The summed E-state index contributed by atoms with van der Waals surface area (Å²) in [4.78, 5) is 23.2. The fourth-order valence-electron chi connectivity index (χ4n) is 2.01. The molecular weight excluding hydrogens is 292 g/mol. The number of amides is 2. The first-order valence-corrected chi connectivity index (χ1v) is 8.06. The van der Waals surface area contributed by atoms with E-state index in [1.807, 2.05) is 39.0 Å². The summed E-state index contributed by atoms with van der Waals surface area (Å²) >= 11 is 0. The lowest BCUT2D eigenvalue weighted by Gasteiger charge is -2.19. The summed E-state index contributed by atoms with van der Waals surface area (Å²) in [5, 5.41) is 5.57. The number of benzene rings is 1. The molecule has 1 atom stereocenters. The molecule has 0 spiro atoms. The van der Waals surface area contributed by atoms with Gasteiger partial charge in [0.1, 0.15) is 5.60 Å². The Labute approximate surface area is 138 Å². The van der Waals surface area contributed by atoms with Crippen LogP contribution in [0, 0.1) is 0 Å². The van der Waals surface area contributed by atoms with Crippen LogP contribution in [0.1, 0.15) is 52.0 Å². The molecule has 5 heteroatoms. The smallest absolute Gasteiger partial charge is 0.407 e. The van der Waals surface area contributed by atoms with Gasteiger partial charge in [0, 0.05) is 19.5 Å². The number of carbonyl (C=O) groups is 2. The van der Waals surface area contributed by atoms with Crippen LogP contribution in [-0.4, -0.2) is 30.7 Å². The van der Waals surface area contributed by atoms with E-state index in [1.165, 1.54) is 5.56 Å². The zero-order chi connectivity index (χ0) is 17.3. The molecule has 0 saturated heterocycles. The molecule has 1 rings (SSSR count). The summed E-state index contributed by atoms with van der Waals surface area (Å²) in [6.45, 7) is 8.56. The minimum absolute atomic E-state index is 0.00114. The first-order valence-electron chi connectivity index (χ1n) is 8.06. The van der Waals surface area contributed by atoms with Crippen molar-refractivity contribution in [1.82, 2.24) is 10.6 Å². The van der Waals surface area contributed by atoms with Gasteiger partial charge in [0.2, 0.25) is 5.91 Å². The quantitative estimate of drug-likeness (QED) is 0.758. The average Bonchev–Trinajstić information content (AvgIpc) is 2.48. The summed E-state index contributed by atoms with van der Waals surface area (Å²) < 4.78 is 5.12. The van der Waals surface area contributed by atoms with Gasteiger partial charge < -0.3 is 15.4 Å². The van der Waals surface area contributed by atoms with Gasteiger partial charge in [0.25, 0.3) is 0 Å². The number of alkyl carbamates (subject to hydrolysis) is 1. The lowest BCUT2D eigenvalue weighted by atomic mass is 10.0. The molecule has 0 bridgehead atoms. The third-order valence-electron chi connectivity index (χ3n) is 3.22. The summed E-state index contributed by atoms with van der Waals surface area (Å²) in [6.07, 6.45) is 0.526. The van der Waals surface area contributed by atoms with Crippen LogP contribution in [0.5, 0.6) is 0 Å². The van der Waals surface area contributed by atoms with Crippen molar-refractivity contribution >= 4 is 12.0 Å². The maximum absolute atomic E-state index is 11.8. The molecule has 1 aromatic carbocycles. The molecule has 0 unspecified atom stereocenters. The normalized spacial score (nSPS) is 12.3. The fraction of sp³-hybridized carbons (Fsp3) is 0.556. The zero-order valence-electron chi connectivity index (χ0n) is 14.5. The highest BCUT2D eigenvalue weighted by atomic mass is 16.6. The van der Waals surface area contributed by atoms with Gasteiger partial charge in [0.05, 0.1) is 0 Å². The summed E-state index contributed by atoms with van der Waals surface area (Å²) in [6, 6.07) is 10.1. The molecule has 23 heavy (non-hydrogen) atoms. The van der Waals surface area contributed by atoms with Gasteiger partial charge in [0.15, 0.2) is 0 Å². The fourth-order valence-corrected chi connectivity index (χ4v) is 2.01. The Balaban J connectivity index is 2.14. The topological polar surface area (TPSA) is 67.4 Å². The van der Waals surface area contributed by atoms with Gasteiger partial charge in [-0.2, -0.15) is 0 Å². The second kappa shape index (κ2) is 9.18. The van der Waals surface area contributed by atoms with Gasteiger partial charge in [-0.15, -0.1) is 0 Å². The van der Waals surface area contributed by atoms with Gasteiger partial charge >= 0.3 is 6.09 Å². The van der Waals surface area contributed by atoms with Crippen LogP contribution < -0.4 is 10.6 Å². The lowest BCUT2D eigenvalue weighted by Crippen LogP contribution is -2.33. The third-order valence-corrected chi connectivity index (χ3v) is 3.22. The molecule has 128 valence electrons. The Bertz CT molecular complexity index is 495. The molecule has 2 N–H and O–H groups in total. The van der Waals surface area contributed by atoms with Crippen LogP contribution in [0.4, 0.5) is 4.79 Å². The van der Waals surface area contributed by atoms with Gasteiger partial charge in [-0.1, -0.05) is 37.3 Å². The van der Waals surface area contributed by atoms with Crippen LogP contribution in [0.2, 0.25) is 0 Å². The van der Waals surface area contributed by atoms with Crippen LogP contribution in [-0.2, 0) is 9.53 Å². The number of hydrogen-bond acceptors (Lipinski definition) is 3. The van der Waals surface area contributed by atoms with Gasteiger partial charge in [-0.3, -0.25) is 4.79 Å². The molecule has 0 saturated carbocycles. The van der Waals surface area contributed by atoms with E-state index in [4.69, 9.17) is 4.74 Å². The molecule has 0 aliphatic rings. The molecule has 0 fully saturated rings. The highest BCUT2D eigenvalue weighted by molar-refractivity contribution is 5.76. The van der Waals surface area contributed by atoms with E-state index >= 15 is 0 Å². The van der Waals surface area contributed by atoms with Crippen molar-refractivity contribution < 1.29 is 14.3 Å². The number of nitrogens with one attached hydrogen (secondary N) is 2. The van der Waals surface area contributed by atoms with E-state index in [0.717, 1.165) is 0 Å². The lowest BCUT2D eigenvalue weighted by molar-refractivity contribution is -0.121. The number of rotatable bonds is 7. The predicted molar refractivity (Wildman–Crippen MR) is 91.3 cm³/mol. The van der Waals surface area contributed by atoms with Crippen molar-refractivity contribution in [3.8, 4) is 0 Å². The monoisotopic (exact) mass is 320 g/mol. The Morgan fingerprint density at radius 1 is 1.13 bits per heavy atom. The molecule has 0 aliphatic heterocycles. The molecule has 2 amide bonds. The Kier molecular flexibility index (Phi) is 7.59. The zero-order valence-corrected chi connectivity index (χ0v) is 14.5. The molecule has 0 radical (unpaired) electrons. The summed E-state index contributed by atoms with van der Waals surface area (Å²) in [5.41, 5.74) is 0.703. The van der Waals surface area contributed by atoms with E-state index in [1.54, 1.807) is 0 Å². The van der Waals surface area contributed by atoms with E-state index in [-0.39, 0.29) is 11.8 Å². The minimum atomic E-state index is -0.505. The number of carbonyl (C=O) groups excluding carboxylic acids is 2. The molecule has 0 aliphatic carbocycles. The highest BCUT2D eigenvalue weighted by Crippen LogP contribution is 2.13. The van der Waals surface area contributed by atoms with Crippen LogP contribution in [0.3, 0.4) is 0 Å². The van der Waals surface area contributed by atoms with Crippen molar-refractivity contribution in [3.05, 3.63) is 35.9 Å². The molecule has 0 heterocycles. The van der Waals surface area contributed by atoms with Gasteiger partial charge in [-0.05, 0) is 38.7 Å². The maximum Gasteiger partial charge on any atom is 0.407 e. The van der Waals surface area contributed by atoms with E-state index in [2.05, 4.69) is 29.7 Å². The maximum atomic E-state index is 11.8. The van der Waals surface area contributed by atoms with Crippen LogP contribution in [0.15, 0.2) is 30.3 Å². The predicted octanol–water partition coefficient (Wildman–Crippen LogP) is 3.21. The minimum Gasteiger partial charge on any atom is -0.444 e. The second-order valence-corrected chi connectivity index (χ2v) is 6.65. The van der Waals surface area contributed by atoms with Gasteiger partial charge in [-0.25, -0.2) is 4.79 Å². The van der Waals surface area contributed by atoms with Crippen molar-refractivity contribution in [2.75, 3.05) is 13.1 Å². The van der Waals surface area contributed by atoms with Crippen molar-refractivity contribution in [3.63, 3.8) is 0 Å². The number of hydrogen-bond donors (Lipinski definition) is 2. The van der Waals surface area contributed by atoms with Crippen LogP contribution in [0.25, 0.3) is 0 Å². The van der Waals surface area contributed by atoms with E-state index < -0.39 is 11.7 Å². The molecule has 1 aromatic rings. The molecular formula is C18H28N2O3. The SMILES string of the molecule is C[C@@H](CNC(=O)CCCNC(=O)OC(C)(C)C)c1ccccc1. The first kappa shape index (κ1) is 19.0. The largest absolute Gasteiger partial charge is 0.444 e. The highest BCUT2D eigenvalue weighted by Gasteiger charge is 2.15. The van der Waals surface area contributed by atoms with Crippen molar-refractivity contribution in [2.45, 2.75) is 52.1 Å². The first-order chi connectivity index (χ1) is 10.8. The standard InChI is InChI=1S/C18H28N2O3/c1-14(15-9-6-5-7-10-15)13-20-16(21)11-8-12-19-17(22)23-18(2,3)4/h5-7,9-10,14H,8,11-13H2,1-4H3,(H,19,22)(H,20,21)/t14-/m0/s1. The third kappa shape index (κ3) is 8.86. The average molecular weight is 320 g/mol. The molecule has 0 aromatic heterocycles. The van der Waals surface area contributed by atoms with Crippen LogP contribution >= 0.6 is 0 Å². The van der Waals surface area contributed by atoms with Crippen molar-refractivity contribution in [1.29, 1.82) is 0 Å². The Morgan fingerprint density at radius 2 is 1.78 bits per heavy atom. The molecule has 5 nitrogen and oxygen atoms in total. The van der Waals surface area contributed by atoms with E-state index in [9.17, 15) is 9.59 Å². The Morgan fingerprint density at radius 3 is 2.39 bits per heavy atom. The summed E-state index contributed by atoms with van der Waals surface area (Å²) in [5.74, 6) is 0.277. The Hall–Kier alpha value is -2.04. The van der Waals surface area contributed by atoms with Crippen molar-refractivity contribution in [2.24, 2.45) is 0 Å².